The second kappa shape index (κ2) is 9.46. The first-order valence-corrected chi connectivity index (χ1v) is 11.2. The molecule has 3 unspecified atom stereocenters. The lowest BCUT2D eigenvalue weighted by Crippen LogP contribution is -2.44. The predicted molar refractivity (Wildman–Crippen MR) is 121 cm³/mol. The Kier molecular flexibility index (Phi) is 7.06. The van der Waals surface area contributed by atoms with Crippen LogP contribution in [0.4, 0.5) is 0 Å². The number of amidine groups is 1. The van der Waals surface area contributed by atoms with Crippen molar-refractivity contribution in [2.75, 3.05) is 34.5 Å². The van der Waals surface area contributed by atoms with E-state index in [2.05, 4.69) is 17.1 Å². The summed E-state index contributed by atoms with van der Waals surface area (Å²) >= 11 is 0. The minimum atomic E-state index is -1.67. The fourth-order valence-electron chi connectivity index (χ4n) is 4.84. The van der Waals surface area contributed by atoms with Crippen LogP contribution in [0.3, 0.4) is 0 Å². The third-order valence-electron chi connectivity index (χ3n) is 6.54. The maximum absolute atomic E-state index is 10.5. The van der Waals surface area contributed by atoms with Crippen molar-refractivity contribution in [1.29, 1.82) is 10.5 Å². The molecular formula is C24H32N4O5. The van der Waals surface area contributed by atoms with Crippen LogP contribution in [0.5, 0.6) is 17.2 Å². The smallest absolute Gasteiger partial charge is 0.293 e. The molecule has 2 aliphatic rings. The lowest BCUT2D eigenvalue weighted by molar-refractivity contribution is -0.260. The molecule has 33 heavy (non-hydrogen) atoms. The molecule has 0 aromatic heterocycles. The number of methoxy groups -OCH3 is 3. The molecule has 9 nitrogen and oxygen atoms in total. The largest absolute Gasteiger partial charge is 0.493 e. The van der Waals surface area contributed by atoms with E-state index in [4.69, 9.17) is 29.4 Å². The Balaban J connectivity index is 2.18. The van der Waals surface area contributed by atoms with Gasteiger partial charge in [0.2, 0.25) is 5.75 Å². The van der Waals surface area contributed by atoms with Gasteiger partial charge in [-0.15, -0.1) is 0 Å². The number of ether oxygens (including phenoxy) is 5. The normalized spacial score (nSPS) is 26.5. The van der Waals surface area contributed by atoms with Crippen LogP contribution in [-0.2, 0) is 9.47 Å². The lowest BCUT2D eigenvalue weighted by Gasteiger charge is -2.32. The number of nitrogens with zero attached hydrogens (tertiary/aromatic N) is 3. The van der Waals surface area contributed by atoms with Crippen molar-refractivity contribution in [3.8, 4) is 29.4 Å². The highest BCUT2D eigenvalue weighted by Crippen LogP contribution is 2.82. The SMILES string of the molecule is CCCCOC1(OCCCC)N=C(N)C2(C#N)C(c3cc(OC)c(OC)c(OC)c3)C12C#N. The maximum Gasteiger partial charge on any atom is 0.293 e. The molecule has 2 N–H and O–H groups in total. The number of benzene rings is 1. The first-order chi connectivity index (χ1) is 15.9. The van der Waals surface area contributed by atoms with Gasteiger partial charge in [-0.1, -0.05) is 26.7 Å². The van der Waals surface area contributed by atoms with Crippen LogP contribution >= 0.6 is 0 Å². The molecule has 1 saturated carbocycles. The van der Waals surface area contributed by atoms with Crippen molar-refractivity contribution >= 4 is 5.84 Å². The van der Waals surface area contributed by atoms with Crippen LogP contribution in [0.2, 0.25) is 0 Å². The molecule has 3 rings (SSSR count). The van der Waals surface area contributed by atoms with Crippen LogP contribution in [0, 0.1) is 33.5 Å². The summed E-state index contributed by atoms with van der Waals surface area (Å²) in [5.74, 6) is -1.04. The zero-order valence-electron chi connectivity index (χ0n) is 19.9. The van der Waals surface area contributed by atoms with E-state index >= 15 is 0 Å². The molecule has 0 amide bonds. The van der Waals surface area contributed by atoms with Gasteiger partial charge in [-0.3, -0.25) is 0 Å². The van der Waals surface area contributed by atoms with Gasteiger partial charge in [0.1, 0.15) is 11.3 Å². The molecule has 0 spiro atoms. The first kappa shape index (κ1) is 24.6. The van der Waals surface area contributed by atoms with E-state index in [1.54, 1.807) is 12.1 Å². The summed E-state index contributed by atoms with van der Waals surface area (Å²) in [6, 6.07) is 8.12. The van der Waals surface area contributed by atoms with Crippen LogP contribution in [0.1, 0.15) is 51.0 Å². The summed E-state index contributed by atoms with van der Waals surface area (Å²) in [5.41, 5.74) is 4.15. The number of nitriles is 2. The van der Waals surface area contributed by atoms with Crippen LogP contribution < -0.4 is 19.9 Å². The number of rotatable bonds is 12. The number of fused-ring (bicyclic) bond motifs is 1. The molecule has 3 atom stereocenters. The van der Waals surface area contributed by atoms with Crippen LogP contribution in [0.25, 0.3) is 0 Å². The van der Waals surface area contributed by atoms with E-state index in [0.29, 0.717) is 36.0 Å². The molecule has 1 aliphatic heterocycles. The Hall–Kier alpha value is -3.01. The summed E-state index contributed by atoms with van der Waals surface area (Å²) in [5, 5.41) is 20.9. The summed E-state index contributed by atoms with van der Waals surface area (Å²) in [6.07, 6.45) is 3.29. The molecular weight excluding hydrogens is 424 g/mol. The van der Waals surface area contributed by atoms with Crippen molar-refractivity contribution in [3.05, 3.63) is 17.7 Å². The monoisotopic (exact) mass is 456 g/mol. The summed E-state index contributed by atoms with van der Waals surface area (Å²) in [7, 11) is 4.53. The quantitative estimate of drug-likeness (QED) is 0.373. The average molecular weight is 457 g/mol. The highest BCUT2D eigenvalue weighted by atomic mass is 16.7. The molecule has 0 saturated heterocycles. The number of nitrogens with two attached hydrogens (primary N) is 1. The predicted octanol–water partition coefficient (Wildman–Crippen LogP) is 3.49. The summed E-state index contributed by atoms with van der Waals surface area (Å²) in [6.45, 7) is 4.73. The van der Waals surface area contributed by atoms with E-state index < -0.39 is 22.7 Å². The molecule has 0 bridgehead atoms. The van der Waals surface area contributed by atoms with E-state index in [1.165, 1.54) is 21.3 Å². The second-order valence-corrected chi connectivity index (χ2v) is 8.21. The van der Waals surface area contributed by atoms with Crippen molar-refractivity contribution in [3.63, 3.8) is 0 Å². The molecule has 1 heterocycles. The zero-order chi connectivity index (χ0) is 24.3. The first-order valence-electron chi connectivity index (χ1n) is 11.2. The van der Waals surface area contributed by atoms with Crippen molar-refractivity contribution in [2.24, 2.45) is 21.6 Å². The van der Waals surface area contributed by atoms with E-state index in [-0.39, 0.29) is 5.84 Å². The molecule has 1 aliphatic carbocycles. The molecule has 9 heteroatoms. The standard InChI is InChI=1S/C24H32N4O5/c1-6-8-10-32-24(33-11-9-7-2)23(15-26)20(22(23,14-25)21(27)28-24)16-12-17(29-3)19(31-5)18(13-16)30-4/h12-13,20H,6-11H2,1-5H3,(H2,27,28). The number of hydrogen-bond acceptors (Lipinski definition) is 9. The molecule has 1 aromatic carbocycles. The van der Waals surface area contributed by atoms with Crippen LogP contribution in [0.15, 0.2) is 17.1 Å². The van der Waals surface area contributed by atoms with Crippen molar-refractivity contribution < 1.29 is 23.7 Å². The van der Waals surface area contributed by atoms with Gasteiger partial charge in [0, 0.05) is 5.92 Å². The zero-order valence-corrected chi connectivity index (χ0v) is 19.9. The fraction of sp³-hybridized carbons (Fsp3) is 0.625. The van der Waals surface area contributed by atoms with E-state index in [1.807, 2.05) is 13.8 Å². The molecule has 1 fully saturated rings. The maximum atomic E-state index is 10.5. The molecule has 0 radical (unpaired) electrons. The Morgan fingerprint density at radius 3 is 1.88 bits per heavy atom. The second-order valence-electron chi connectivity index (χ2n) is 8.21. The third-order valence-corrected chi connectivity index (χ3v) is 6.54. The number of unbranched alkanes of at least 4 members (excludes halogenated alkanes) is 2. The van der Waals surface area contributed by atoms with Gasteiger partial charge in [0.15, 0.2) is 16.9 Å². The van der Waals surface area contributed by atoms with Gasteiger partial charge in [-0.25, -0.2) is 4.99 Å². The third kappa shape index (κ3) is 3.30. The number of aliphatic imine (C=N–C) groups is 1. The number of hydrogen-bond donors (Lipinski definition) is 1. The Morgan fingerprint density at radius 2 is 1.48 bits per heavy atom. The van der Waals surface area contributed by atoms with E-state index in [9.17, 15) is 10.5 Å². The van der Waals surface area contributed by atoms with Gasteiger partial charge in [0.25, 0.3) is 5.91 Å². The van der Waals surface area contributed by atoms with Gasteiger partial charge in [0.05, 0.1) is 46.7 Å². The fourth-order valence-corrected chi connectivity index (χ4v) is 4.84. The Morgan fingerprint density at radius 1 is 0.939 bits per heavy atom. The van der Waals surface area contributed by atoms with Gasteiger partial charge >= 0.3 is 0 Å². The summed E-state index contributed by atoms with van der Waals surface area (Å²) in [4.78, 5) is 4.49. The summed E-state index contributed by atoms with van der Waals surface area (Å²) < 4.78 is 28.8. The lowest BCUT2D eigenvalue weighted by atomic mass is 9.93. The Labute approximate surface area is 195 Å². The highest BCUT2D eigenvalue weighted by Gasteiger charge is 2.93. The van der Waals surface area contributed by atoms with Gasteiger partial charge < -0.3 is 29.4 Å². The minimum absolute atomic E-state index is 0.0401. The Bertz CT molecular complexity index is 963. The topological polar surface area (TPSA) is 132 Å². The minimum Gasteiger partial charge on any atom is -0.493 e. The van der Waals surface area contributed by atoms with Gasteiger partial charge in [-0.05, 0) is 30.5 Å². The molecule has 178 valence electrons. The van der Waals surface area contributed by atoms with E-state index in [0.717, 1.165) is 25.7 Å². The van der Waals surface area contributed by atoms with Crippen molar-refractivity contribution in [2.45, 2.75) is 51.4 Å². The van der Waals surface area contributed by atoms with Crippen molar-refractivity contribution in [1.82, 2.24) is 0 Å². The highest BCUT2D eigenvalue weighted by molar-refractivity contribution is 6.00. The van der Waals surface area contributed by atoms with Crippen LogP contribution in [-0.4, -0.2) is 46.3 Å². The van der Waals surface area contributed by atoms with Gasteiger partial charge in [-0.2, -0.15) is 10.5 Å². The molecule has 1 aromatic rings. The average Bonchev–Trinajstić information content (AvgIpc) is 3.41.